The Balaban J connectivity index is 2.31. The molecule has 88 valence electrons. The van der Waals surface area contributed by atoms with Crippen LogP contribution in [0.4, 0.5) is 0 Å². The lowest BCUT2D eigenvalue weighted by Crippen LogP contribution is -1.86. The van der Waals surface area contributed by atoms with Crippen LogP contribution in [-0.4, -0.2) is 9.97 Å². The van der Waals surface area contributed by atoms with Gasteiger partial charge in [0.1, 0.15) is 10.3 Å². The molecule has 0 fully saturated rings. The van der Waals surface area contributed by atoms with Crippen LogP contribution >= 0.6 is 23.2 Å². The number of halogens is 2. The Morgan fingerprint density at radius 3 is 2.39 bits per heavy atom. The van der Waals surface area contributed by atoms with Gasteiger partial charge in [-0.3, -0.25) is 4.98 Å². The minimum absolute atomic E-state index is 0.380. The zero-order valence-electron chi connectivity index (χ0n) is 9.27. The maximum atomic E-state index is 5.94. The van der Waals surface area contributed by atoms with E-state index in [0.29, 0.717) is 10.3 Å². The zero-order chi connectivity index (χ0) is 12.5. The van der Waals surface area contributed by atoms with Crippen molar-refractivity contribution in [2.24, 2.45) is 0 Å². The quantitative estimate of drug-likeness (QED) is 0.606. The van der Waals surface area contributed by atoms with Gasteiger partial charge in [0.25, 0.3) is 0 Å². The van der Waals surface area contributed by atoms with Crippen LogP contribution in [0.5, 0.6) is 0 Å². The third-order valence-electron chi connectivity index (χ3n) is 2.74. The van der Waals surface area contributed by atoms with Crippen molar-refractivity contribution in [2.75, 3.05) is 0 Å². The van der Waals surface area contributed by atoms with Gasteiger partial charge in [-0.2, -0.15) is 0 Å². The minimum atomic E-state index is 0.380. The number of fused-ring (bicyclic) bond motifs is 1. The Morgan fingerprint density at radius 1 is 0.889 bits per heavy atom. The number of aromatic nitrogens is 2. The van der Waals surface area contributed by atoms with Crippen LogP contribution in [0.15, 0.2) is 48.8 Å². The normalized spacial score (nSPS) is 10.8. The van der Waals surface area contributed by atoms with Gasteiger partial charge in [0.15, 0.2) is 0 Å². The Morgan fingerprint density at radius 2 is 1.61 bits per heavy atom. The van der Waals surface area contributed by atoms with Gasteiger partial charge in [0.2, 0.25) is 0 Å². The predicted octanol–water partition coefficient (Wildman–Crippen LogP) is 4.60. The number of nitrogens with zero attached hydrogens (tertiary/aromatic N) is 2. The van der Waals surface area contributed by atoms with E-state index in [-0.39, 0.29) is 0 Å². The van der Waals surface area contributed by atoms with Crippen LogP contribution in [0.25, 0.3) is 21.9 Å². The van der Waals surface area contributed by atoms with E-state index in [0.717, 1.165) is 21.9 Å². The average Bonchev–Trinajstić information content (AvgIpc) is 2.37. The van der Waals surface area contributed by atoms with Crippen molar-refractivity contribution in [2.45, 2.75) is 0 Å². The first-order valence-corrected chi connectivity index (χ1v) is 6.16. The summed E-state index contributed by atoms with van der Waals surface area (Å²) in [5.41, 5.74) is 1.92. The van der Waals surface area contributed by atoms with Gasteiger partial charge in [-0.25, -0.2) is 4.98 Å². The fraction of sp³-hybridized carbons (Fsp3) is 0. The molecule has 3 aromatic rings. The first-order chi connectivity index (χ1) is 8.74. The maximum absolute atomic E-state index is 5.94. The summed E-state index contributed by atoms with van der Waals surface area (Å²) < 4.78 is 0. The molecule has 0 unspecified atom stereocenters. The number of benzene rings is 1. The molecule has 0 spiro atoms. The van der Waals surface area contributed by atoms with E-state index in [4.69, 9.17) is 23.2 Å². The third-order valence-corrected chi connectivity index (χ3v) is 3.13. The van der Waals surface area contributed by atoms with Gasteiger partial charge < -0.3 is 0 Å². The molecule has 0 radical (unpaired) electrons. The summed E-state index contributed by atoms with van der Waals surface area (Å²) in [4.78, 5) is 8.19. The number of rotatable bonds is 1. The van der Waals surface area contributed by atoms with Crippen LogP contribution in [0.3, 0.4) is 0 Å². The zero-order valence-corrected chi connectivity index (χ0v) is 10.8. The molecule has 2 heterocycles. The second kappa shape index (κ2) is 4.56. The minimum Gasteiger partial charge on any atom is -0.263 e. The summed E-state index contributed by atoms with van der Waals surface area (Å²) in [6.07, 6.45) is 3.65. The molecule has 0 saturated heterocycles. The van der Waals surface area contributed by atoms with E-state index < -0.39 is 0 Å². The van der Waals surface area contributed by atoms with E-state index in [1.54, 1.807) is 12.1 Å². The van der Waals surface area contributed by atoms with E-state index in [1.165, 1.54) is 0 Å². The highest BCUT2D eigenvalue weighted by Crippen LogP contribution is 2.30. The Hall–Kier alpha value is -1.64. The Kier molecular flexibility index (Phi) is 2.90. The lowest BCUT2D eigenvalue weighted by molar-refractivity contribution is 1.32. The van der Waals surface area contributed by atoms with Gasteiger partial charge in [-0.05, 0) is 23.1 Å². The predicted molar refractivity (Wildman–Crippen MR) is 75.0 cm³/mol. The largest absolute Gasteiger partial charge is 0.263 e. The lowest BCUT2D eigenvalue weighted by atomic mass is 10.0. The highest BCUT2D eigenvalue weighted by molar-refractivity contribution is 6.33. The van der Waals surface area contributed by atoms with Crippen molar-refractivity contribution >= 4 is 34.0 Å². The molecule has 3 rings (SSSR count). The molecular formula is C14H8Cl2N2. The van der Waals surface area contributed by atoms with E-state index in [1.807, 2.05) is 30.6 Å². The molecule has 0 aliphatic heterocycles. The van der Waals surface area contributed by atoms with Crippen molar-refractivity contribution < 1.29 is 0 Å². The van der Waals surface area contributed by atoms with E-state index in [2.05, 4.69) is 16.0 Å². The van der Waals surface area contributed by atoms with Crippen LogP contribution in [-0.2, 0) is 0 Å². The summed E-state index contributed by atoms with van der Waals surface area (Å²) in [5.74, 6) is 0. The summed E-state index contributed by atoms with van der Waals surface area (Å²) >= 11 is 11.9. The monoisotopic (exact) mass is 274 g/mol. The highest BCUT2D eigenvalue weighted by atomic mass is 35.5. The standard InChI is InChI=1S/C14H8Cl2N2/c15-13-5-10(6-14(16)18-13)12-8-17-7-9-3-1-2-4-11(9)12/h1-8H. The van der Waals surface area contributed by atoms with E-state index >= 15 is 0 Å². The molecule has 0 amide bonds. The van der Waals surface area contributed by atoms with Gasteiger partial charge in [0.05, 0.1) is 0 Å². The fourth-order valence-electron chi connectivity index (χ4n) is 1.97. The molecule has 0 aliphatic carbocycles. The highest BCUT2D eigenvalue weighted by Gasteiger charge is 2.06. The van der Waals surface area contributed by atoms with Crippen molar-refractivity contribution in [3.8, 4) is 11.1 Å². The van der Waals surface area contributed by atoms with Crippen LogP contribution in [0.1, 0.15) is 0 Å². The summed E-state index contributed by atoms with van der Waals surface area (Å²) in [7, 11) is 0. The summed E-state index contributed by atoms with van der Waals surface area (Å²) in [6, 6.07) is 11.6. The maximum Gasteiger partial charge on any atom is 0.131 e. The van der Waals surface area contributed by atoms with Crippen LogP contribution < -0.4 is 0 Å². The van der Waals surface area contributed by atoms with Gasteiger partial charge in [0, 0.05) is 23.3 Å². The Labute approximate surface area is 114 Å². The van der Waals surface area contributed by atoms with Crippen molar-refractivity contribution in [1.29, 1.82) is 0 Å². The Bertz CT molecular complexity index is 700. The number of hydrogen-bond acceptors (Lipinski definition) is 2. The van der Waals surface area contributed by atoms with Crippen molar-refractivity contribution in [1.82, 2.24) is 9.97 Å². The van der Waals surface area contributed by atoms with Crippen LogP contribution in [0.2, 0.25) is 10.3 Å². The molecule has 1 aromatic carbocycles. The molecule has 0 atom stereocenters. The van der Waals surface area contributed by atoms with Crippen molar-refractivity contribution in [3.63, 3.8) is 0 Å². The smallest absolute Gasteiger partial charge is 0.131 e. The second-order valence-electron chi connectivity index (χ2n) is 3.91. The van der Waals surface area contributed by atoms with E-state index in [9.17, 15) is 0 Å². The SMILES string of the molecule is Clc1cc(-c2cncc3ccccc23)cc(Cl)n1. The average molecular weight is 275 g/mol. The third kappa shape index (κ3) is 2.05. The van der Waals surface area contributed by atoms with Gasteiger partial charge in [-0.1, -0.05) is 47.5 Å². The molecule has 0 N–H and O–H groups in total. The lowest BCUT2D eigenvalue weighted by Gasteiger charge is -2.06. The first-order valence-electron chi connectivity index (χ1n) is 5.40. The first kappa shape index (κ1) is 11.5. The molecular weight excluding hydrogens is 267 g/mol. The molecule has 0 aliphatic rings. The van der Waals surface area contributed by atoms with Gasteiger partial charge >= 0.3 is 0 Å². The molecule has 4 heteroatoms. The molecule has 2 nitrogen and oxygen atoms in total. The summed E-state index contributed by atoms with van der Waals surface area (Å²) in [6.45, 7) is 0. The van der Waals surface area contributed by atoms with Crippen LogP contribution in [0, 0.1) is 0 Å². The summed E-state index contributed by atoms with van der Waals surface area (Å²) in [5, 5.41) is 2.96. The number of pyridine rings is 2. The topological polar surface area (TPSA) is 25.8 Å². The molecule has 0 saturated carbocycles. The number of hydrogen-bond donors (Lipinski definition) is 0. The van der Waals surface area contributed by atoms with Gasteiger partial charge in [-0.15, -0.1) is 0 Å². The molecule has 18 heavy (non-hydrogen) atoms. The van der Waals surface area contributed by atoms with Crippen molar-refractivity contribution in [3.05, 3.63) is 59.1 Å². The second-order valence-corrected chi connectivity index (χ2v) is 4.68. The molecule has 2 aromatic heterocycles. The fourth-order valence-corrected chi connectivity index (χ4v) is 2.43. The molecule has 0 bridgehead atoms.